The maximum absolute atomic E-state index is 11.4. The minimum absolute atomic E-state index is 0.300. The number of methoxy groups -OCH3 is 1. The molecule has 0 bridgehead atoms. The van der Waals surface area contributed by atoms with Gasteiger partial charge in [-0.2, -0.15) is 0 Å². The predicted octanol–water partition coefficient (Wildman–Crippen LogP) is 0.378. The summed E-state index contributed by atoms with van der Waals surface area (Å²) in [4.78, 5) is 13.7. The largest absolute Gasteiger partial charge is 0.468 e. The van der Waals surface area contributed by atoms with E-state index in [-0.39, 0.29) is 5.97 Å². The van der Waals surface area contributed by atoms with E-state index in [4.69, 9.17) is 10.5 Å². The van der Waals surface area contributed by atoms with Gasteiger partial charge < -0.3 is 15.2 Å². The standard InChI is InChI=1S/C12H24N2O3/c1-10-9-14(7-8-17-10)6-4-5-12(2,13)11(15)16-3/h10H,4-9,13H2,1-3H3. The third-order valence-electron chi connectivity index (χ3n) is 3.15. The first-order valence-electron chi connectivity index (χ1n) is 6.17. The summed E-state index contributed by atoms with van der Waals surface area (Å²) in [5, 5.41) is 0. The van der Waals surface area contributed by atoms with Gasteiger partial charge in [-0.05, 0) is 33.2 Å². The van der Waals surface area contributed by atoms with Gasteiger partial charge in [-0.3, -0.25) is 9.69 Å². The van der Waals surface area contributed by atoms with Crippen molar-refractivity contribution in [3.05, 3.63) is 0 Å². The molecular weight excluding hydrogens is 220 g/mol. The smallest absolute Gasteiger partial charge is 0.325 e. The van der Waals surface area contributed by atoms with Crippen molar-refractivity contribution in [3.8, 4) is 0 Å². The van der Waals surface area contributed by atoms with Crippen molar-refractivity contribution in [2.75, 3.05) is 33.4 Å². The fourth-order valence-electron chi connectivity index (χ4n) is 2.10. The molecule has 1 aliphatic heterocycles. The summed E-state index contributed by atoms with van der Waals surface area (Å²) in [7, 11) is 1.37. The molecule has 5 heteroatoms. The molecule has 0 radical (unpaired) electrons. The lowest BCUT2D eigenvalue weighted by Gasteiger charge is -2.31. The molecule has 1 rings (SSSR count). The fraction of sp³-hybridized carbons (Fsp3) is 0.917. The predicted molar refractivity (Wildman–Crippen MR) is 65.7 cm³/mol. The molecule has 0 aromatic carbocycles. The normalized spacial score (nSPS) is 25.3. The number of carbonyl (C=O) groups is 1. The van der Waals surface area contributed by atoms with Gasteiger partial charge in [0, 0.05) is 13.1 Å². The zero-order chi connectivity index (χ0) is 12.9. The highest BCUT2D eigenvalue weighted by atomic mass is 16.5. The second-order valence-electron chi connectivity index (χ2n) is 4.99. The Morgan fingerprint density at radius 3 is 2.94 bits per heavy atom. The molecule has 100 valence electrons. The Kier molecular flexibility index (Phi) is 5.36. The van der Waals surface area contributed by atoms with Crippen LogP contribution >= 0.6 is 0 Å². The second-order valence-corrected chi connectivity index (χ2v) is 4.99. The lowest BCUT2D eigenvalue weighted by molar-refractivity contribution is -0.146. The Bertz CT molecular complexity index is 256. The van der Waals surface area contributed by atoms with Gasteiger partial charge in [0.05, 0.1) is 19.8 Å². The monoisotopic (exact) mass is 244 g/mol. The van der Waals surface area contributed by atoms with E-state index >= 15 is 0 Å². The fourth-order valence-corrected chi connectivity index (χ4v) is 2.10. The average Bonchev–Trinajstić information content (AvgIpc) is 2.27. The molecule has 0 aromatic heterocycles. The SMILES string of the molecule is COC(=O)C(C)(N)CCCN1CCOC(C)C1. The summed E-state index contributed by atoms with van der Waals surface area (Å²) < 4.78 is 10.1. The molecule has 0 aromatic rings. The van der Waals surface area contributed by atoms with Crippen LogP contribution in [-0.4, -0.2) is 55.9 Å². The summed E-state index contributed by atoms with van der Waals surface area (Å²) in [6.45, 7) is 7.47. The highest BCUT2D eigenvalue weighted by molar-refractivity contribution is 5.79. The van der Waals surface area contributed by atoms with Crippen molar-refractivity contribution in [1.29, 1.82) is 0 Å². The molecule has 1 saturated heterocycles. The van der Waals surface area contributed by atoms with Crippen LogP contribution in [0.2, 0.25) is 0 Å². The van der Waals surface area contributed by atoms with Crippen LogP contribution in [0.3, 0.4) is 0 Å². The van der Waals surface area contributed by atoms with E-state index < -0.39 is 5.54 Å². The van der Waals surface area contributed by atoms with E-state index in [1.807, 2.05) is 0 Å². The van der Waals surface area contributed by atoms with Gasteiger partial charge in [-0.1, -0.05) is 0 Å². The third kappa shape index (κ3) is 4.61. The number of hydrogen-bond acceptors (Lipinski definition) is 5. The van der Waals surface area contributed by atoms with Crippen LogP contribution in [0.5, 0.6) is 0 Å². The molecule has 1 aliphatic rings. The van der Waals surface area contributed by atoms with Gasteiger partial charge in [-0.15, -0.1) is 0 Å². The van der Waals surface area contributed by atoms with Crippen molar-refractivity contribution < 1.29 is 14.3 Å². The Hall–Kier alpha value is -0.650. The maximum Gasteiger partial charge on any atom is 0.325 e. The van der Waals surface area contributed by atoms with Crippen LogP contribution in [0.25, 0.3) is 0 Å². The quantitative estimate of drug-likeness (QED) is 0.708. The molecule has 17 heavy (non-hydrogen) atoms. The van der Waals surface area contributed by atoms with Crippen LogP contribution in [-0.2, 0) is 14.3 Å². The molecule has 1 heterocycles. The Balaban J connectivity index is 2.25. The molecule has 0 amide bonds. The highest BCUT2D eigenvalue weighted by Crippen LogP contribution is 2.12. The topological polar surface area (TPSA) is 64.8 Å². The van der Waals surface area contributed by atoms with Gasteiger partial charge in [0.25, 0.3) is 0 Å². The van der Waals surface area contributed by atoms with Gasteiger partial charge in [0.2, 0.25) is 0 Å². The van der Waals surface area contributed by atoms with Gasteiger partial charge in [0.15, 0.2) is 0 Å². The number of morpholine rings is 1. The number of nitrogens with zero attached hydrogens (tertiary/aromatic N) is 1. The molecular formula is C12H24N2O3. The van der Waals surface area contributed by atoms with E-state index in [1.165, 1.54) is 7.11 Å². The zero-order valence-corrected chi connectivity index (χ0v) is 11.1. The van der Waals surface area contributed by atoms with Gasteiger partial charge in [0.1, 0.15) is 5.54 Å². The van der Waals surface area contributed by atoms with Crippen LogP contribution < -0.4 is 5.73 Å². The van der Waals surface area contributed by atoms with Crippen molar-refractivity contribution >= 4 is 5.97 Å². The lowest BCUT2D eigenvalue weighted by Crippen LogP contribution is -2.47. The van der Waals surface area contributed by atoms with Crippen LogP contribution in [0.1, 0.15) is 26.7 Å². The number of hydrogen-bond donors (Lipinski definition) is 1. The molecule has 0 spiro atoms. The van der Waals surface area contributed by atoms with E-state index in [0.29, 0.717) is 12.5 Å². The zero-order valence-electron chi connectivity index (χ0n) is 11.1. The summed E-state index contributed by atoms with van der Waals surface area (Å²) >= 11 is 0. The van der Waals surface area contributed by atoms with Crippen LogP contribution in [0.4, 0.5) is 0 Å². The van der Waals surface area contributed by atoms with Crippen molar-refractivity contribution in [2.45, 2.75) is 38.3 Å². The number of nitrogens with two attached hydrogens (primary N) is 1. The maximum atomic E-state index is 11.4. The van der Waals surface area contributed by atoms with Gasteiger partial charge >= 0.3 is 5.97 Å². The van der Waals surface area contributed by atoms with E-state index in [1.54, 1.807) is 6.92 Å². The minimum atomic E-state index is -0.868. The summed E-state index contributed by atoms with van der Waals surface area (Å²) in [6.07, 6.45) is 1.84. The van der Waals surface area contributed by atoms with Crippen molar-refractivity contribution in [2.24, 2.45) is 5.73 Å². The minimum Gasteiger partial charge on any atom is -0.468 e. The molecule has 1 fully saturated rings. The summed E-state index contributed by atoms with van der Waals surface area (Å²) in [5.74, 6) is -0.340. The Morgan fingerprint density at radius 2 is 2.35 bits per heavy atom. The first-order valence-corrected chi connectivity index (χ1v) is 6.17. The highest BCUT2D eigenvalue weighted by Gasteiger charge is 2.29. The Morgan fingerprint density at radius 1 is 1.65 bits per heavy atom. The molecule has 2 N–H and O–H groups in total. The van der Waals surface area contributed by atoms with Crippen molar-refractivity contribution in [1.82, 2.24) is 4.90 Å². The summed E-state index contributed by atoms with van der Waals surface area (Å²) in [5.41, 5.74) is 5.03. The molecule has 5 nitrogen and oxygen atoms in total. The number of rotatable bonds is 5. The third-order valence-corrected chi connectivity index (χ3v) is 3.15. The van der Waals surface area contributed by atoms with Crippen LogP contribution in [0, 0.1) is 0 Å². The lowest BCUT2D eigenvalue weighted by atomic mass is 9.97. The van der Waals surface area contributed by atoms with Gasteiger partial charge in [-0.25, -0.2) is 0 Å². The first kappa shape index (κ1) is 14.4. The van der Waals surface area contributed by atoms with E-state index in [9.17, 15) is 4.79 Å². The molecule has 2 unspecified atom stereocenters. The number of carbonyl (C=O) groups excluding carboxylic acids is 1. The van der Waals surface area contributed by atoms with E-state index in [0.717, 1.165) is 32.7 Å². The molecule has 2 atom stereocenters. The van der Waals surface area contributed by atoms with E-state index in [2.05, 4.69) is 16.6 Å². The molecule has 0 aliphatic carbocycles. The number of ether oxygens (including phenoxy) is 2. The Labute approximate surface area is 103 Å². The van der Waals surface area contributed by atoms with Crippen LogP contribution in [0.15, 0.2) is 0 Å². The molecule has 0 saturated carbocycles. The summed E-state index contributed by atoms with van der Waals surface area (Å²) in [6, 6.07) is 0. The second kappa shape index (κ2) is 6.33. The number of esters is 1. The van der Waals surface area contributed by atoms with Crippen molar-refractivity contribution in [3.63, 3.8) is 0 Å². The first-order chi connectivity index (χ1) is 7.95. The average molecular weight is 244 g/mol.